The average molecular weight is 656 g/mol. The van der Waals surface area contributed by atoms with Crippen LogP contribution in [0.25, 0.3) is 0 Å². The molecule has 0 aliphatic heterocycles. The van der Waals surface area contributed by atoms with Crippen LogP contribution in [0.15, 0.2) is 36.4 Å². The molecule has 17 heteroatoms. The van der Waals surface area contributed by atoms with Crippen molar-refractivity contribution in [3.8, 4) is 0 Å². The molecule has 0 heterocycles. The second-order valence-corrected chi connectivity index (χ2v) is 9.48. The minimum absolute atomic E-state index is 0.0311. The fourth-order valence-corrected chi connectivity index (χ4v) is 5.16. The second kappa shape index (κ2) is 11.0. The molecule has 1 aliphatic rings. The fraction of sp³-hybridized carbons (Fsp3) is 0.0357. The van der Waals surface area contributed by atoms with E-state index in [2.05, 4.69) is 0 Å². The molecule has 4 aromatic carbocycles. The number of carbonyl (C=O) groups excluding carboxylic acids is 1. The quantitative estimate of drug-likeness (QED) is 0.0808. The number of benzene rings is 4. The van der Waals surface area contributed by atoms with Gasteiger partial charge in [0.25, 0.3) is 5.78 Å². The molecule has 0 fully saturated rings. The van der Waals surface area contributed by atoms with E-state index < -0.39 is 116 Å². The van der Waals surface area contributed by atoms with Gasteiger partial charge in [0.2, 0.25) is 0 Å². The van der Waals surface area contributed by atoms with Crippen LogP contribution in [-0.4, -0.2) is 12.1 Å². The summed E-state index contributed by atoms with van der Waals surface area (Å²) in [6, 6.07) is 4.92. The smallest absolute Gasteiger partial charge is 0.505 e. The van der Waals surface area contributed by atoms with Crippen LogP contribution < -0.4 is 16.4 Å². The molecule has 0 saturated carbocycles. The van der Waals surface area contributed by atoms with E-state index in [9.17, 15) is 39.5 Å². The van der Waals surface area contributed by atoms with Crippen LogP contribution in [0, 0.1) is 87.3 Å². The molecule has 5 rings (SSSR count). The van der Waals surface area contributed by atoms with E-state index in [0.717, 1.165) is 18.2 Å². The van der Waals surface area contributed by atoms with Gasteiger partial charge in [0, 0.05) is 6.08 Å². The van der Waals surface area contributed by atoms with Crippen molar-refractivity contribution in [2.24, 2.45) is 0 Å². The van der Waals surface area contributed by atoms with Crippen molar-refractivity contribution >= 4 is 28.5 Å². The highest BCUT2D eigenvalue weighted by Gasteiger charge is 2.60. The minimum Gasteiger partial charge on any atom is -0.525 e. The molecule has 1 nitrogen and oxygen atoms in total. The Kier molecular flexibility index (Phi) is 7.78. The van der Waals surface area contributed by atoms with Gasteiger partial charge >= 0.3 is 6.35 Å². The number of halogens is 15. The molecule has 0 saturated heterocycles. The Morgan fingerprint density at radius 2 is 0.733 bits per heavy atom. The third-order valence-electron chi connectivity index (χ3n) is 7.14. The summed E-state index contributed by atoms with van der Waals surface area (Å²) >= 11 is 0. The maximum absolute atomic E-state index is 15.6. The van der Waals surface area contributed by atoms with Gasteiger partial charge in [0.1, 0.15) is 34.9 Å². The predicted molar refractivity (Wildman–Crippen MR) is 127 cm³/mol. The fourth-order valence-electron chi connectivity index (χ4n) is 5.16. The van der Waals surface area contributed by atoms with Gasteiger partial charge in [0.05, 0.1) is 5.56 Å². The predicted octanol–water partition coefficient (Wildman–Crippen LogP) is 6.27. The highest BCUT2D eigenvalue weighted by atomic mass is 19.2. The maximum Gasteiger partial charge on any atom is 0.505 e. The summed E-state index contributed by atoms with van der Waals surface area (Å²) in [5.41, 5.74) is -8.72. The van der Waals surface area contributed by atoms with Gasteiger partial charge in [-0.2, -0.15) is 0 Å². The lowest BCUT2D eigenvalue weighted by Crippen LogP contribution is -2.73. The summed E-state index contributed by atoms with van der Waals surface area (Å²) in [6.45, 7) is 0. The Morgan fingerprint density at radius 3 is 1.09 bits per heavy atom. The van der Waals surface area contributed by atoms with Crippen molar-refractivity contribution in [2.75, 3.05) is 0 Å². The Morgan fingerprint density at radius 1 is 0.422 bits per heavy atom. The van der Waals surface area contributed by atoms with Crippen molar-refractivity contribution in [3.63, 3.8) is 0 Å². The molecule has 0 bridgehead atoms. The second-order valence-electron chi connectivity index (χ2n) is 9.48. The Bertz CT molecular complexity index is 1750. The summed E-state index contributed by atoms with van der Waals surface area (Å²) < 4.78 is 229. The molecule has 0 aromatic heterocycles. The van der Waals surface area contributed by atoms with Gasteiger partial charge in [-0.25, -0.2) is 65.9 Å². The molecule has 0 radical (unpaired) electrons. The van der Waals surface area contributed by atoms with Crippen molar-refractivity contribution in [1.82, 2.24) is 0 Å². The number of fused-ring (bicyclic) bond motifs is 1. The molecule has 0 amide bonds. The largest absolute Gasteiger partial charge is 0.525 e. The number of hydrogen-bond donors (Lipinski definition) is 0. The maximum atomic E-state index is 15.6. The van der Waals surface area contributed by atoms with E-state index in [1.165, 1.54) is 18.2 Å². The van der Waals surface area contributed by atoms with Crippen LogP contribution in [0.2, 0.25) is 0 Å². The number of hydrogen-bond acceptors (Lipinski definition) is 0. The third-order valence-corrected chi connectivity index (χ3v) is 7.14. The van der Waals surface area contributed by atoms with Crippen LogP contribution in [0.1, 0.15) is 15.5 Å². The number of ketones is 1. The SMILES string of the molecule is Fc1c(F)c(F)c([B-]([O+]=C2C=CCc3ccccc32)(c2c(F)c(F)c(F)c(F)c2F)c2c(F)c(F)c(F)c(F)c2F)c(F)c1F. The van der Waals surface area contributed by atoms with E-state index in [0.29, 0.717) is 0 Å². The van der Waals surface area contributed by atoms with Crippen LogP contribution in [-0.2, 0) is 6.42 Å². The molecule has 1 aliphatic carbocycles. The summed E-state index contributed by atoms with van der Waals surface area (Å²) in [5.74, 6) is -47.6. The lowest BCUT2D eigenvalue weighted by atomic mass is 9.27. The molecule has 4 aromatic rings. The zero-order valence-corrected chi connectivity index (χ0v) is 21.3. The Labute approximate surface area is 240 Å². The molecule has 0 spiro atoms. The third kappa shape index (κ3) is 4.42. The van der Waals surface area contributed by atoms with Gasteiger partial charge in [-0.3, -0.25) is 0 Å². The first-order valence-corrected chi connectivity index (χ1v) is 12.1. The molecular weight excluding hydrogens is 648 g/mol. The first-order chi connectivity index (χ1) is 21.1. The van der Waals surface area contributed by atoms with E-state index in [-0.39, 0.29) is 17.5 Å². The molecule has 0 unspecified atom stereocenters. The van der Waals surface area contributed by atoms with Gasteiger partial charge in [-0.05, 0) is 34.4 Å². The standard InChI is InChI=1S/C28H8BF15O/c30-14-11(15(31)21(37)26(42)20(14)36)29(12-16(32)22(38)27(43)23(39)17(12)33,13-18(34)24(40)28(44)25(41)19(13)35)45-10-7-3-5-8-4-1-2-6-9(8)10/h1-4,6-7H,5H2. The van der Waals surface area contributed by atoms with E-state index in [1.54, 1.807) is 0 Å². The molecule has 0 N–H and O–H groups in total. The summed E-state index contributed by atoms with van der Waals surface area (Å²) in [7, 11) is 0. The van der Waals surface area contributed by atoms with Gasteiger partial charge in [0.15, 0.2) is 52.4 Å². The van der Waals surface area contributed by atoms with Gasteiger partial charge < -0.3 is 4.34 Å². The lowest BCUT2D eigenvalue weighted by molar-refractivity contribution is -0.0898. The molecule has 234 valence electrons. The first kappa shape index (κ1) is 31.7. The van der Waals surface area contributed by atoms with Crippen LogP contribution in [0.4, 0.5) is 65.9 Å². The van der Waals surface area contributed by atoms with E-state index >= 15 is 26.3 Å². The van der Waals surface area contributed by atoms with Crippen molar-refractivity contribution in [3.05, 3.63) is 135 Å². The van der Waals surface area contributed by atoms with Crippen molar-refractivity contribution in [1.29, 1.82) is 0 Å². The summed E-state index contributed by atoms with van der Waals surface area (Å²) in [4.78, 5) is 0. The Hall–Kier alpha value is -4.70. The number of allylic oxidation sites excluding steroid dienone is 2. The normalized spacial score (nSPS) is 14.0. The van der Waals surface area contributed by atoms with Gasteiger partial charge in [-0.1, -0.05) is 24.3 Å². The van der Waals surface area contributed by atoms with Crippen molar-refractivity contribution in [2.45, 2.75) is 6.42 Å². The van der Waals surface area contributed by atoms with Crippen LogP contribution in [0.5, 0.6) is 0 Å². The zero-order valence-electron chi connectivity index (χ0n) is 21.3. The molecule has 45 heavy (non-hydrogen) atoms. The topological polar surface area (TPSA) is 11.3 Å². The highest BCUT2D eigenvalue weighted by molar-refractivity contribution is 7.06. The monoisotopic (exact) mass is 656 g/mol. The molecular formula is C28H8BF15O. The zero-order chi connectivity index (χ0) is 33.3. The van der Waals surface area contributed by atoms with E-state index in [1.807, 2.05) is 0 Å². The highest BCUT2D eigenvalue weighted by Crippen LogP contribution is 2.30. The minimum atomic E-state index is -6.16. The van der Waals surface area contributed by atoms with Crippen molar-refractivity contribution < 1.29 is 70.2 Å². The average Bonchev–Trinajstić information content (AvgIpc) is 3.03. The van der Waals surface area contributed by atoms with E-state index in [4.69, 9.17) is 4.34 Å². The Balaban J connectivity index is 2.22. The van der Waals surface area contributed by atoms with Gasteiger partial charge in [-0.15, -0.1) is 0 Å². The lowest BCUT2D eigenvalue weighted by Gasteiger charge is -2.31. The van der Waals surface area contributed by atoms with Crippen LogP contribution in [0.3, 0.4) is 0 Å². The summed E-state index contributed by atoms with van der Waals surface area (Å²) in [6.07, 6.45) is -4.38. The molecule has 0 atom stereocenters. The summed E-state index contributed by atoms with van der Waals surface area (Å²) in [5, 5.41) is 0. The van der Waals surface area contributed by atoms with Crippen LogP contribution >= 0.6 is 0 Å². The first-order valence-electron chi connectivity index (χ1n) is 12.1. The number of rotatable bonds is 4.